The number of benzene rings is 1. The SMILES string of the molecule is CN1CCN([C@H]2CN(S(=O)(=O)c3ccccc3Br)C[C@@H]2O)CC1. The van der Waals surface area contributed by atoms with Crippen LogP contribution in [0.15, 0.2) is 33.6 Å². The lowest BCUT2D eigenvalue weighted by molar-refractivity contribution is 0.0512. The van der Waals surface area contributed by atoms with E-state index in [4.69, 9.17) is 0 Å². The number of rotatable bonds is 3. The van der Waals surface area contributed by atoms with E-state index in [9.17, 15) is 13.5 Å². The number of nitrogens with zero attached hydrogens (tertiary/aromatic N) is 3. The Morgan fingerprint density at radius 2 is 1.78 bits per heavy atom. The fraction of sp³-hybridized carbons (Fsp3) is 0.600. The van der Waals surface area contributed by atoms with Crippen LogP contribution < -0.4 is 0 Å². The molecule has 0 aromatic heterocycles. The second kappa shape index (κ2) is 6.78. The monoisotopic (exact) mass is 403 g/mol. The molecule has 128 valence electrons. The van der Waals surface area contributed by atoms with Crippen molar-refractivity contribution in [2.24, 2.45) is 0 Å². The van der Waals surface area contributed by atoms with Gasteiger partial charge < -0.3 is 10.0 Å². The maximum Gasteiger partial charge on any atom is 0.244 e. The third-order valence-corrected chi connectivity index (χ3v) is 7.53. The van der Waals surface area contributed by atoms with Crippen molar-refractivity contribution < 1.29 is 13.5 Å². The smallest absolute Gasteiger partial charge is 0.244 e. The van der Waals surface area contributed by atoms with Crippen LogP contribution in [0.3, 0.4) is 0 Å². The summed E-state index contributed by atoms with van der Waals surface area (Å²) in [6.45, 7) is 4.11. The fourth-order valence-corrected chi connectivity index (χ4v) is 5.68. The summed E-state index contributed by atoms with van der Waals surface area (Å²) >= 11 is 3.31. The van der Waals surface area contributed by atoms with Crippen LogP contribution >= 0.6 is 15.9 Å². The molecule has 1 aromatic carbocycles. The van der Waals surface area contributed by atoms with Crippen molar-refractivity contribution in [3.05, 3.63) is 28.7 Å². The van der Waals surface area contributed by atoms with Gasteiger partial charge in [0.2, 0.25) is 10.0 Å². The Kier molecular flexibility index (Phi) is 5.10. The van der Waals surface area contributed by atoms with Gasteiger partial charge in [-0.15, -0.1) is 0 Å². The number of sulfonamides is 1. The highest BCUT2D eigenvalue weighted by atomic mass is 79.9. The van der Waals surface area contributed by atoms with Crippen LogP contribution in [-0.2, 0) is 10.0 Å². The van der Waals surface area contributed by atoms with E-state index in [0.717, 1.165) is 26.2 Å². The lowest BCUT2D eigenvalue weighted by atomic mass is 10.1. The third-order valence-electron chi connectivity index (χ3n) is 4.69. The molecule has 0 amide bonds. The number of halogens is 1. The number of hydrogen-bond donors (Lipinski definition) is 1. The van der Waals surface area contributed by atoms with Gasteiger partial charge in [-0.05, 0) is 35.1 Å². The number of aliphatic hydroxyl groups is 1. The van der Waals surface area contributed by atoms with Crippen molar-refractivity contribution in [1.82, 2.24) is 14.1 Å². The molecule has 6 nitrogen and oxygen atoms in total. The van der Waals surface area contributed by atoms with Crippen LogP contribution in [0.1, 0.15) is 0 Å². The molecule has 2 heterocycles. The summed E-state index contributed by atoms with van der Waals surface area (Å²) < 4.78 is 27.6. The van der Waals surface area contributed by atoms with Crippen LogP contribution in [-0.4, -0.2) is 86.1 Å². The molecule has 0 saturated carbocycles. The third kappa shape index (κ3) is 3.47. The van der Waals surface area contributed by atoms with Crippen molar-refractivity contribution in [3.63, 3.8) is 0 Å². The van der Waals surface area contributed by atoms with Crippen LogP contribution in [0.2, 0.25) is 0 Å². The number of likely N-dealkylation sites (N-methyl/N-ethyl adjacent to an activating group) is 1. The van der Waals surface area contributed by atoms with Gasteiger partial charge in [-0.1, -0.05) is 12.1 Å². The average Bonchev–Trinajstić information content (AvgIpc) is 2.91. The Bertz CT molecular complexity index is 662. The normalized spacial score (nSPS) is 28.3. The highest BCUT2D eigenvalue weighted by molar-refractivity contribution is 9.10. The predicted octanol–water partition coefficient (Wildman–Crippen LogP) is 0.430. The number of hydrogen-bond acceptors (Lipinski definition) is 5. The van der Waals surface area contributed by atoms with Crippen LogP contribution in [0.5, 0.6) is 0 Å². The minimum atomic E-state index is -3.60. The average molecular weight is 404 g/mol. The highest BCUT2D eigenvalue weighted by Gasteiger charge is 2.42. The summed E-state index contributed by atoms with van der Waals surface area (Å²) in [5.41, 5.74) is 0. The summed E-state index contributed by atoms with van der Waals surface area (Å²) in [6, 6.07) is 6.68. The maximum atomic E-state index is 12.8. The molecule has 0 spiro atoms. The van der Waals surface area contributed by atoms with Gasteiger partial charge in [-0.3, -0.25) is 4.90 Å². The summed E-state index contributed by atoms with van der Waals surface area (Å²) in [5, 5.41) is 10.4. The molecule has 3 rings (SSSR count). The molecule has 1 aromatic rings. The Morgan fingerprint density at radius 3 is 2.43 bits per heavy atom. The molecule has 0 radical (unpaired) electrons. The van der Waals surface area contributed by atoms with Crippen LogP contribution in [0.25, 0.3) is 0 Å². The van der Waals surface area contributed by atoms with E-state index in [1.807, 2.05) is 0 Å². The molecular formula is C15H22BrN3O3S. The molecule has 0 bridgehead atoms. The molecule has 2 aliphatic heterocycles. The van der Waals surface area contributed by atoms with Crippen molar-refractivity contribution in [2.75, 3.05) is 46.3 Å². The predicted molar refractivity (Wildman–Crippen MR) is 91.8 cm³/mol. The van der Waals surface area contributed by atoms with Gasteiger partial charge in [0.1, 0.15) is 0 Å². The van der Waals surface area contributed by atoms with E-state index in [0.29, 0.717) is 11.0 Å². The molecule has 8 heteroatoms. The Balaban J connectivity index is 1.77. The minimum Gasteiger partial charge on any atom is -0.390 e. The summed E-state index contributed by atoms with van der Waals surface area (Å²) in [4.78, 5) is 4.71. The standard InChI is InChI=1S/C15H22BrN3O3S/c1-17-6-8-18(9-7-17)13-10-19(11-14(13)20)23(21,22)15-5-3-2-4-12(15)16/h2-5,13-14,20H,6-11H2,1H3/t13-,14-/m0/s1. The lowest BCUT2D eigenvalue weighted by Gasteiger charge is -2.37. The van der Waals surface area contributed by atoms with Crippen molar-refractivity contribution in [1.29, 1.82) is 0 Å². The van der Waals surface area contributed by atoms with Gasteiger partial charge in [0.15, 0.2) is 0 Å². The number of piperazine rings is 1. The van der Waals surface area contributed by atoms with E-state index in [2.05, 4.69) is 32.8 Å². The maximum absolute atomic E-state index is 12.8. The zero-order valence-corrected chi connectivity index (χ0v) is 15.5. The summed E-state index contributed by atoms with van der Waals surface area (Å²) in [5.74, 6) is 0. The lowest BCUT2D eigenvalue weighted by Crippen LogP contribution is -2.52. The zero-order chi connectivity index (χ0) is 16.6. The molecule has 2 fully saturated rings. The van der Waals surface area contributed by atoms with Crippen molar-refractivity contribution in [2.45, 2.75) is 17.0 Å². The largest absolute Gasteiger partial charge is 0.390 e. The number of β-amino-alcohol motifs (C(OH)–C–C–N with tert-alkyl or cyclic N) is 1. The quantitative estimate of drug-likeness (QED) is 0.792. The zero-order valence-electron chi connectivity index (χ0n) is 13.1. The van der Waals surface area contributed by atoms with Gasteiger partial charge in [0.05, 0.1) is 17.0 Å². The fourth-order valence-electron chi connectivity index (χ4n) is 3.24. The van der Waals surface area contributed by atoms with Crippen molar-refractivity contribution in [3.8, 4) is 0 Å². The van der Waals surface area contributed by atoms with Crippen LogP contribution in [0.4, 0.5) is 0 Å². The van der Waals surface area contributed by atoms with E-state index < -0.39 is 16.1 Å². The number of aliphatic hydroxyl groups excluding tert-OH is 1. The minimum absolute atomic E-state index is 0.124. The van der Waals surface area contributed by atoms with E-state index in [1.165, 1.54) is 4.31 Å². The Labute approximate surface area is 145 Å². The Morgan fingerprint density at radius 1 is 1.13 bits per heavy atom. The van der Waals surface area contributed by atoms with Crippen molar-refractivity contribution >= 4 is 26.0 Å². The van der Waals surface area contributed by atoms with E-state index in [-0.39, 0.29) is 17.5 Å². The van der Waals surface area contributed by atoms with Gasteiger partial charge in [-0.2, -0.15) is 4.31 Å². The van der Waals surface area contributed by atoms with Gasteiger partial charge >= 0.3 is 0 Å². The molecule has 0 unspecified atom stereocenters. The first kappa shape index (κ1) is 17.3. The second-order valence-corrected chi connectivity index (χ2v) is 8.99. The first-order valence-electron chi connectivity index (χ1n) is 7.75. The molecule has 23 heavy (non-hydrogen) atoms. The van der Waals surface area contributed by atoms with Gasteiger partial charge in [-0.25, -0.2) is 8.42 Å². The topological polar surface area (TPSA) is 64.1 Å². The molecule has 2 saturated heterocycles. The van der Waals surface area contributed by atoms with Crippen LogP contribution in [0, 0.1) is 0 Å². The van der Waals surface area contributed by atoms with E-state index >= 15 is 0 Å². The molecule has 0 aliphatic carbocycles. The first-order valence-corrected chi connectivity index (χ1v) is 9.98. The van der Waals surface area contributed by atoms with Gasteiger partial charge in [0, 0.05) is 43.7 Å². The summed E-state index contributed by atoms with van der Waals surface area (Å²) in [7, 11) is -1.52. The molecule has 2 atom stereocenters. The summed E-state index contributed by atoms with van der Waals surface area (Å²) in [6.07, 6.45) is -0.643. The first-order chi connectivity index (χ1) is 10.9. The molecule has 2 aliphatic rings. The second-order valence-electron chi connectivity index (χ2n) is 6.23. The van der Waals surface area contributed by atoms with E-state index in [1.54, 1.807) is 24.3 Å². The highest BCUT2D eigenvalue weighted by Crippen LogP contribution is 2.28. The Hall–Kier alpha value is -0.510. The van der Waals surface area contributed by atoms with Gasteiger partial charge in [0.25, 0.3) is 0 Å². The molecular weight excluding hydrogens is 382 g/mol. The molecule has 1 N–H and O–H groups in total.